The van der Waals surface area contributed by atoms with E-state index in [0.29, 0.717) is 11.5 Å². The largest absolute Gasteiger partial charge is 0.399 e. The molecule has 108 valence electrons. The van der Waals surface area contributed by atoms with E-state index in [1.807, 2.05) is 13.0 Å². The topological polar surface area (TPSA) is 69.6 Å². The molecule has 0 unspecified atom stereocenters. The molecule has 0 amide bonds. The van der Waals surface area contributed by atoms with Crippen LogP contribution in [-0.4, -0.2) is 26.4 Å². The third kappa shape index (κ3) is 3.46. The van der Waals surface area contributed by atoms with Crippen LogP contribution in [0.15, 0.2) is 18.2 Å². The first-order valence-electron chi connectivity index (χ1n) is 6.06. The fourth-order valence-electron chi connectivity index (χ4n) is 1.86. The summed E-state index contributed by atoms with van der Waals surface area (Å²) >= 11 is 0. The molecule has 0 aliphatic heterocycles. The van der Waals surface area contributed by atoms with E-state index in [1.54, 1.807) is 12.1 Å². The molecule has 1 heterocycles. The molecule has 2 aromatic rings. The standard InChI is InChI=1S/C12H14F3N5/c1-8-3-4-9(16)7-10(8)11-17-18-19-20(11)6-2-5-12(13,14)15/h3-4,7H,2,5-6,16H2,1H3. The van der Waals surface area contributed by atoms with Crippen LogP contribution in [-0.2, 0) is 6.54 Å². The second-order valence-electron chi connectivity index (χ2n) is 4.52. The van der Waals surface area contributed by atoms with Gasteiger partial charge >= 0.3 is 6.18 Å². The minimum absolute atomic E-state index is 0.0666. The van der Waals surface area contributed by atoms with E-state index in [4.69, 9.17) is 5.73 Å². The summed E-state index contributed by atoms with van der Waals surface area (Å²) in [4.78, 5) is 0. The molecule has 0 saturated heterocycles. The van der Waals surface area contributed by atoms with E-state index in [0.717, 1.165) is 11.1 Å². The van der Waals surface area contributed by atoms with Gasteiger partial charge in [0.15, 0.2) is 5.82 Å². The zero-order valence-corrected chi connectivity index (χ0v) is 10.9. The smallest absolute Gasteiger partial charge is 0.389 e. The Morgan fingerprint density at radius 3 is 2.75 bits per heavy atom. The summed E-state index contributed by atoms with van der Waals surface area (Å²) < 4.78 is 37.8. The van der Waals surface area contributed by atoms with Crippen molar-refractivity contribution in [2.24, 2.45) is 0 Å². The zero-order valence-electron chi connectivity index (χ0n) is 10.9. The van der Waals surface area contributed by atoms with Crippen LogP contribution >= 0.6 is 0 Å². The summed E-state index contributed by atoms with van der Waals surface area (Å²) in [5.74, 6) is 0.428. The second kappa shape index (κ2) is 5.48. The van der Waals surface area contributed by atoms with Crippen LogP contribution in [0, 0.1) is 6.92 Å². The van der Waals surface area contributed by atoms with Gasteiger partial charge in [-0.05, 0) is 41.5 Å². The minimum Gasteiger partial charge on any atom is -0.399 e. The van der Waals surface area contributed by atoms with Crippen molar-refractivity contribution < 1.29 is 13.2 Å². The number of alkyl halides is 3. The Balaban J connectivity index is 2.18. The number of halogens is 3. The summed E-state index contributed by atoms with van der Waals surface area (Å²) in [6.45, 7) is 1.97. The highest BCUT2D eigenvalue weighted by molar-refractivity contribution is 5.65. The van der Waals surface area contributed by atoms with Crippen molar-refractivity contribution in [1.82, 2.24) is 20.2 Å². The van der Waals surface area contributed by atoms with E-state index in [-0.39, 0.29) is 13.0 Å². The lowest BCUT2D eigenvalue weighted by Crippen LogP contribution is -2.11. The maximum Gasteiger partial charge on any atom is 0.389 e. The highest BCUT2D eigenvalue weighted by Gasteiger charge is 2.26. The van der Waals surface area contributed by atoms with Gasteiger partial charge in [-0.25, -0.2) is 4.68 Å². The van der Waals surface area contributed by atoms with Crippen molar-refractivity contribution in [3.8, 4) is 11.4 Å². The van der Waals surface area contributed by atoms with E-state index in [9.17, 15) is 13.2 Å². The Hall–Kier alpha value is -2.12. The molecule has 2 N–H and O–H groups in total. The third-order valence-corrected chi connectivity index (χ3v) is 2.86. The van der Waals surface area contributed by atoms with Gasteiger partial charge < -0.3 is 5.73 Å². The van der Waals surface area contributed by atoms with Crippen LogP contribution in [0.3, 0.4) is 0 Å². The van der Waals surface area contributed by atoms with E-state index in [2.05, 4.69) is 15.5 Å². The van der Waals surface area contributed by atoms with Crippen LogP contribution in [0.5, 0.6) is 0 Å². The Bertz CT molecular complexity index is 591. The Morgan fingerprint density at radius 1 is 1.30 bits per heavy atom. The number of rotatable bonds is 4. The van der Waals surface area contributed by atoms with Gasteiger partial charge in [0.25, 0.3) is 0 Å². The van der Waals surface area contributed by atoms with Gasteiger partial charge in [-0.1, -0.05) is 6.07 Å². The average molecular weight is 285 g/mol. The first kappa shape index (κ1) is 14.3. The van der Waals surface area contributed by atoms with Gasteiger partial charge in [-0.3, -0.25) is 0 Å². The first-order chi connectivity index (χ1) is 9.37. The number of benzene rings is 1. The van der Waals surface area contributed by atoms with Gasteiger partial charge in [0, 0.05) is 24.2 Å². The maximum atomic E-state index is 12.1. The number of hydrogen-bond donors (Lipinski definition) is 1. The monoisotopic (exact) mass is 285 g/mol. The van der Waals surface area contributed by atoms with Gasteiger partial charge in [-0.15, -0.1) is 5.10 Å². The van der Waals surface area contributed by atoms with Crippen molar-refractivity contribution in [2.45, 2.75) is 32.5 Å². The number of aryl methyl sites for hydroxylation is 2. The van der Waals surface area contributed by atoms with Gasteiger partial charge in [0.05, 0.1) is 0 Å². The third-order valence-electron chi connectivity index (χ3n) is 2.86. The molecule has 8 heteroatoms. The highest BCUT2D eigenvalue weighted by Crippen LogP contribution is 2.25. The Labute approximate surface area is 113 Å². The van der Waals surface area contributed by atoms with Gasteiger partial charge in [-0.2, -0.15) is 13.2 Å². The first-order valence-corrected chi connectivity index (χ1v) is 6.06. The molecule has 2 rings (SSSR count). The summed E-state index contributed by atoms with van der Waals surface area (Å²) in [6.07, 6.45) is -5.09. The number of nitrogens with two attached hydrogens (primary N) is 1. The summed E-state index contributed by atoms with van der Waals surface area (Å²) in [5, 5.41) is 11.1. The predicted molar refractivity (Wildman–Crippen MR) is 67.7 cm³/mol. The van der Waals surface area contributed by atoms with E-state index >= 15 is 0 Å². The molecule has 0 spiro atoms. The number of aromatic nitrogens is 4. The average Bonchev–Trinajstić information content (AvgIpc) is 2.79. The molecule has 5 nitrogen and oxygen atoms in total. The van der Waals surface area contributed by atoms with Crippen molar-refractivity contribution >= 4 is 5.69 Å². The molecule has 0 atom stereocenters. The number of nitrogen functional groups attached to an aromatic ring is 1. The van der Waals surface area contributed by atoms with Crippen molar-refractivity contribution in [3.05, 3.63) is 23.8 Å². The predicted octanol–water partition coefficient (Wildman–Crippen LogP) is 2.57. The van der Waals surface area contributed by atoms with E-state index in [1.165, 1.54) is 4.68 Å². The molecule has 0 fully saturated rings. The normalized spacial score (nSPS) is 11.8. The van der Waals surface area contributed by atoms with Crippen molar-refractivity contribution in [3.63, 3.8) is 0 Å². The second-order valence-corrected chi connectivity index (χ2v) is 4.52. The van der Waals surface area contributed by atoms with Crippen LogP contribution < -0.4 is 5.73 Å². The number of nitrogens with zero attached hydrogens (tertiary/aromatic N) is 4. The molecular weight excluding hydrogens is 271 g/mol. The van der Waals surface area contributed by atoms with Gasteiger partial charge in [0.2, 0.25) is 0 Å². The quantitative estimate of drug-likeness (QED) is 0.876. The molecule has 0 bridgehead atoms. The molecule has 0 aliphatic rings. The molecule has 0 radical (unpaired) electrons. The minimum atomic E-state index is -4.17. The number of hydrogen-bond acceptors (Lipinski definition) is 4. The summed E-state index contributed by atoms with van der Waals surface area (Å²) in [6, 6.07) is 5.28. The number of tetrazole rings is 1. The molecule has 1 aromatic carbocycles. The fraction of sp³-hybridized carbons (Fsp3) is 0.417. The van der Waals surface area contributed by atoms with Crippen LogP contribution in [0.1, 0.15) is 18.4 Å². The Morgan fingerprint density at radius 2 is 2.05 bits per heavy atom. The lowest BCUT2D eigenvalue weighted by Gasteiger charge is -2.09. The SMILES string of the molecule is Cc1ccc(N)cc1-c1nnnn1CCCC(F)(F)F. The van der Waals surface area contributed by atoms with Crippen molar-refractivity contribution in [2.75, 3.05) is 5.73 Å². The summed E-state index contributed by atoms with van der Waals surface area (Å²) in [7, 11) is 0. The van der Waals surface area contributed by atoms with Crippen LogP contribution in [0.2, 0.25) is 0 Å². The summed E-state index contributed by atoms with van der Waals surface area (Å²) in [5.41, 5.74) is 7.90. The van der Waals surface area contributed by atoms with Crippen LogP contribution in [0.4, 0.5) is 18.9 Å². The zero-order chi connectivity index (χ0) is 14.8. The molecule has 0 aliphatic carbocycles. The maximum absolute atomic E-state index is 12.1. The number of anilines is 1. The lowest BCUT2D eigenvalue weighted by molar-refractivity contribution is -0.136. The molecular formula is C12H14F3N5. The van der Waals surface area contributed by atoms with E-state index < -0.39 is 12.6 Å². The highest BCUT2D eigenvalue weighted by atomic mass is 19.4. The van der Waals surface area contributed by atoms with Crippen molar-refractivity contribution in [1.29, 1.82) is 0 Å². The molecule has 20 heavy (non-hydrogen) atoms. The fourth-order valence-corrected chi connectivity index (χ4v) is 1.86. The Kier molecular flexibility index (Phi) is 3.91. The molecule has 0 saturated carbocycles. The molecule has 1 aromatic heterocycles. The van der Waals surface area contributed by atoms with Crippen LogP contribution in [0.25, 0.3) is 11.4 Å². The van der Waals surface area contributed by atoms with Gasteiger partial charge in [0.1, 0.15) is 0 Å². The lowest BCUT2D eigenvalue weighted by atomic mass is 10.1.